The van der Waals surface area contributed by atoms with E-state index in [0.717, 1.165) is 18.3 Å². The maximum atomic E-state index is 4.25. The number of nitrogens with one attached hydrogen (secondary N) is 1. The maximum Gasteiger partial charge on any atom is 0.125 e. The summed E-state index contributed by atoms with van der Waals surface area (Å²) in [6, 6.07) is 4.87. The van der Waals surface area contributed by atoms with Gasteiger partial charge in [0.1, 0.15) is 5.82 Å². The normalized spacial score (nSPS) is 15.6. The Labute approximate surface area is 104 Å². The average Bonchev–Trinajstić information content (AvgIpc) is 3.12. The van der Waals surface area contributed by atoms with Crippen molar-refractivity contribution in [2.75, 3.05) is 18.9 Å². The first-order valence-corrected chi connectivity index (χ1v) is 6.55. The van der Waals surface area contributed by atoms with Crippen molar-refractivity contribution in [3.05, 3.63) is 23.9 Å². The first-order chi connectivity index (χ1) is 8.19. The largest absolute Gasteiger partial charge is 0.373 e. The lowest BCUT2D eigenvalue weighted by Crippen LogP contribution is -2.32. The van der Waals surface area contributed by atoms with E-state index in [9.17, 15) is 0 Å². The topological polar surface area (TPSA) is 28.2 Å². The van der Waals surface area contributed by atoms with Crippen LogP contribution in [-0.2, 0) is 6.54 Å². The number of hydrogen-bond acceptors (Lipinski definition) is 3. The van der Waals surface area contributed by atoms with Gasteiger partial charge in [-0.2, -0.15) is 0 Å². The van der Waals surface area contributed by atoms with Crippen LogP contribution in [0.15, 0.2) is 18.3 Å². The summed E-state index contributed by atoms with van der Waals surface area (Å²) in [6.07, 6.45) is 4.72. The summed E-state index contributed by atoms with van der Waals surface area (Å²) < 4.78 is 0. The molecule has 0 amide bonds. The maximum absolute atomic E-state index is 4.25. The van der Waals surface area contributed by atoms with E-state index >= 15 is 0 Å². The van der Waals surface area contributed by atoms with Crippen LogP contribution in [0.4, 0.5) is 5.82 Å². The number of hydrogen-bond donors (Lipinski definition) is 1. The Kier molecular flexibility index (Phi) is 4.00. The Morgan fingerprint density at radius 2 is 2.24 bits per heavy atom. The zero-order chi connectivity index (χ0) is 12.3. The van der Waals surface area contributed by atoms with Gasteiger partial charge in [-0.1, -0.05) is 0 Å². The fourth-order valence-electron chi connectivity index (χ4n) is 2.03. The van der Waals surface area contributed by atoms with Crippen LogP contribution in [-0.4, -0.2) is 29.5 Å². The highest BCUT2D eigenvalue weighted by Crippen LogP contribution is 2.30. The molecule has 1 heterocycles. The number of pyridine rings is 1. The van der Waals surface area contributed by atoms with Crippen LogP contribution in [0, 0.1) is 5.92 Å². The van der Waals surface area contributed by atoms with E-state index in [-0.39, 0.29) is 0 Å². The predicted octanol–water partition coefficient (Wildman–Crippen LogP) is 2.74. The van der Waals surface area contributed by atoms with Gasteiger partial charge in [-0.15, -0.1) is 0 Å². The molecule has 1 N–H and O–H groups in total. The van der Waals surface area contributed by atoms with Crippen LogP contribution in [0.2, 0.25) is 0 Å². The van der Waals surface area contributed by atoms with Gasteiger partial charge in [0, 0.05) is 32.4 Å². The fourth-order valence-corrected chi connectivity index (χ4v) is 2.03. The predicted molar refractivity (Wildman–Crippen MR) is 72.1 cm³/mol. The molecule has 94 valence electrons. The molecule has 1 aliphatic carbocycles. The highest BCUT2D eigenvalue weighted by atomic mass is 15.1. The molecule has 0 atom stereocenters. The second-order valence-electron chi connectivity index (χ2n) is 5.27. The van der Waals surface area contributed by atoms with Crippen molar-refractivity contribution in [2.45, 2.75) is 39.3 Å². The van der Waals surface area contributed by atoms with Crippen LogP contribution in [0.25, 0.3) is 0 Å². The van der Waals surface area contributed by atoms with Crippen LogP contribution in [0.5, 0.6) is 0 Å². The molecule has 0 aromatic carbocycles. The number of aromatic nitrogens is 1. The highest BCUT2D eigenvalue weighted by Gasteiger charge is 2.25. The lowest BCUT2D eigenvalue weighted by atomic mass is 10.2. The molecule has 1 aromatic heterocycles. The molecule has 0 bridgehead atoms. The monoisotopic (exact) mass is 233 g/mol. The van der Waals surface area contributed by atoms with E-state index in [1.54, 1.807) is 0 Å². The highest BCUT2D eigenvalue weighted by molar-refractivity contribution is 5.36. The molecule has 1 aromatic rings. The second-order valence-corrected chi connectivity index (χ2v) is 5.27. The van der Waals surface area contributed by atoms with Gasteiger partial charge in [-0.05, 0) is 50.3 Å². The van der Waals surface area contributed by atoms with E-state index in [4.69, 9.17) is 0 Å². The Morgan fingerprint density at radius 1 is 1.47 bits per heavy atom. The lowest BCUT2D eigenvalue weighted by molar-refractivity contribution is 0.204. The molecule has 1 saturated carbocycles. The standard InChI is InChI=1S/C14H23N3/c1-11(2)17(9-12-4-5-12)10-13-6-7-16-14(8-13)15-3/h6-8,11-12H,4-5,9-10H2,1-3H3,(H,15,16). The molecule has 0 aliphatic heterocycles. The summed E-state index contributed by atoms with van der Waals surface area (Å²) in [5.41, 5.74) is 1.35. The zero-order valence-electron chi connectivity index (χ0n) is 11.1. The molecule has 3 nitrogen and oxygen atoms in total. The van der Waals surface area contributed by atoms with Gasteiger partial charge in [0.05, 0.1) is 0 Å². The van der Waals surface area contributed by atoms with E-state index < -0.39 is 0 Å². The van der Waals surface area contributed by atoms with Crippen molar-refractivity contribution in [3.63, 3.8) is 0 Å². The third kappa shape index (κ3) is 3.70. The molecular weight excluding hydrogens is 210 g/mol. The minimum Gasteiger partial charge on any atom is -0.373 e. The van der Waals surface area contributed by atoms with Gasteiger partial charge in [-0.3, -0.25) is 4.90 Å². The number of anilines is 1. The lowest BCUT2D eigenvalue weighted by Gasteiger charge is -2.26. The Hall–Kier alpha value is -1.09. The van der Waals surface area contributed by atoms with Gasteiger partial charge >= 0.3 is 0 Å². The molecular formula is C14H23N3. The Morgan fingerprint density at radius 3 is 2.82 bits per heavy atom. The Balaban J connectivity index is 1.99. The minimum absolute atomic E-state index is 0.613. The molecule has 1 aliphatic rings. The summed E-state index contributed by atoms with van der Waals surface area (Å²) in [5, 5.41) is 3.09. The molecule has 17 heavy (non-hydrogen) atoms. The summed E-state index contributed by atoms with van der Waals surface area (Å²) in [6.45, 7) is 6.84. The van der Waals surface area contributed by atoms with E-state index in [0.29, 0.717) is 6.04 Å². The molecule has 0 spiro atoms. The summed E-state index contributed by atoms with van der Waals surface area (Å²) >= 11 is 0. The van der Waals surface area contributed by atoms with Gasteiger partial charge < -0.3 is 5.32 Å². The van der Waals surface area contributed by atoms with Crippen molar-refractivity contribution in [2.24, 2.45) is 5.92 Å². The summed E-state index contributed by atoms with van der Waals surface area (Å²) in [4.78, 5) is 6.82. The van der Waals surface area contributed by atoms with Crippen molar-refractivity contribution in [1.29, 1.82) is 0 Å². The second kappa shape index (κ2) is 5.50. The smallest absolute Gasteiger partial charge is 0.125 e. The van der Waals surface area contributed by atoms with Crippen LogP contribution in [0.1, 0.15) is 32.3 Å². The SMILES string of the molecule is CNc1cc(CN(CC2CC2)C(C)C)ccn1. The fraction of sp³-hybridized carbons (Fsp3) is 0.643. The third-order valence-electron chi connectivity index (χ3n) is 3.39. The van der Waals surface area contributed by atoms with E-state index in [1.165, 1.54) is 24.9 Å². The minimum atomic E-state index is 0.613. The van der Waals surface area contributed by atoms with Crippen molar-refractivity contribution in [3.8, 4) is 0 Å². The van der Waals surface area contributed by atoms with Crippen molar-refractivity contribution < 1.29 is 0 Å². The molecule has 2 rings (SSSR count). The molecule has 0 unspecified atom stereocenters. The third-order valence-corrected chi connectivity index (χ3v) is 3.39. The average molecular weight is 233 g/mol. The van der Waals surface area contributed by atoms with Crippen LogP contribution >= 0.6 is 0 Å². The molecule has 3 heteroatoms. The zero-order valence-corrected chi connectivity index (χ0v) is 11.1. The van der Waals surface area contributed by atoms with Gasteiger partial charge in [0.25, 0.3) is 0 Å². The first-order valence-electron chi connectivity index (χ1n) is 6.55. The van der Waals surface area contributed by atoms with Gasteiger partial charge in [0.2, 0.25) is 0 Å². The Bertz CT molecular complexity index is 358. The van der Waals surface area contributed by atoms with Crippen molar-refractivity contribution in [1.82, 2.24) is 9.88 Å². The van der Waals surface area contributed by atoms with Crippen LogP contribution < -0.4 is 5.32 Å². The number of rotatable bonds is 6. The molecule has 0 radical (unpaired) electrons. The molecule has 1 fully saturated rings. The summed E-state index contributed by atoms with van der Waals surface area (Å²) in [7, 11) is 1.91. The van der Waals surface area contributed by atoms with Crippen molar-refractivity contribution >= 4 is 5.82 Å². The molecule has 0 saturated heterocycles. The quantitative estimate of drug-likeness (QED) is 0.819. The van der Waals surface area contributed by atoms with E-state index in [1.807, 2.05) is 13.2 Å². The first kappa shape index (κ1) is 12.4. The van der Waals surface area contributed by atoms with Crippen LogP contribution in [0.3, 0.4) is 0 Å². The summed E-state index contributed by atoms with van der Waals surface area (Å²) in [5.74, 6) is 1.90. The van der Waals surface area contributed by atoms with E-state index in [2.05, 4.69) is 41.2 Å². The number of nitrogens with zero attached hydrogens (tertiary/aromatic N) is 2. The van der Waals surface area contributed by atoms with Gasteiger partial charge in [-0.25, -0.2) is 4.98 Å². The van der Waals surface area contributed by atoms with Gasteiger partial charge in [0.15, 0.2) is 0 Å².